The summed E-state index contributed by atoms with van der Waals surface area (Å²) in [7, 11) is 0. The lowest BCUT2D eigenvalue weighted by Gasteiger charge is -2.44. The van der Waals surface area contributed by atoms with Gasteiger partial charge in [0.15, 0.2) is 12.6 Å². The normalized spacial score (nSPS) is 44.8. The Morgan fingerprint density at radius 2 is 2.00 bits per heavy atom. The van der Waals surface area contributed by atoms with Crippen LogP contribution in [0.4, 0.5) is 0 Å². The molecule has 134 valence electrons. The Labute approximate surface area is 132 Å². The number of amides is 1. The lowest BCUT2D eigenvalue weighted by Crippen LogP contribution is -2.66. The highest BCUT2D eigenvalue weighted by Gasteiger charge is 2.48. The second kappa shape index (κ2) is 7.81. The summed E-state index contributed by atoms with van der Waals surface area (Å²) in [4.78, 5) is 11.3. The lowest BCUT2D eigenvalue weighted by atomic mass is 9.96. The number of hydrogen-bond acceptors (Lipinski definition) is 9. The van der Waals surface area contributed by atoms with Crippen LogP contribution < -0.4 is 5.32 Å². The molecule has 0 aromatic heterocycles. The SMILES string of the molecule is CC(=O)NC1C(O)OC(CO)C(O)C1OC1OCC(O)CC1O. The van der Waals surface area contributed by atoms with Crippen LogP contribution in [0.5, 0.6) is 0 Å². The topological polar surface area (TPSA) is 158 Å². The Morgan fingerprint density at radius 3 is 2.57 bits per heavy atom. The van der Waals surface area contributed by atoms with Gasteiger partial charge in [0.25, 0.3) is 0 Å². The molecule has 0 radical (unpaired) electrons. The van der Waals surface area contributed by atoms with Crippen LogP contribution in [0.2, 0.25) is 0 Å². The van der Waals surface area contributed by atoms with Gasteiger partial charge in [-0.1, -0.05) is 0 Å². The van der Waals surface area contributed by atoms with Gasteiger partial charge < -0.3 is 45.1 Å². The number of carbonyl (C=O) groups is 1. The smallest absolute Gasteiger partial charge is 0.217 e. The molecule has 23 heavy (non-hydrogen) atoms. The fourth-order valence-corrected chi connectivity index (χ4v) is 2.69. The summed E-state index contributed by atoms with van der Waals surface area (Å²) in [5.41, 5.74) is 0. The second-order valence-electron chi connectivity index (χ2n) is 5.72. The van der Waals surface area contributed by atoms with Crippen molar-refractivity contribution in [2.45, 2.75) is 62.5 Å². The Morgan fingerprint density at radius 1 is 1.30 bits per heavy atom. The summed E-state index contributed by atoms with van der Waals surface area (Å²) in [5.74, 6) is -0.485. The minimum Gasteiger partial charge on any atom is -0.394 e. The summed E-state index contributed by atoms with van der Waals surface area (Å²) in [5, 5.41) is 51.1. The Kier molecular flexibility index (Phi) is 6.28. The van der Waals surface area contributed by atoms with E-state index in [1.807, 2.05) is 0 Å². The molecule has 0 saturated carbocycles. The molecule has 8 atom stereocenters. The first kappa shape index (κ1) is 18.5. The fraction of sp³-hybridized carbons (Fsp3) is 0.923. The standard InChI is InChI=1S/C13H23NO9/c1-5(16)14-9-11(10(19)8(3-15)22-12(9)20)23-13-7(18)2-6(17)4-21-13/h6-13,15,17-20H,2-4H2,1H3,(H,14,16). The van der Waals surface area contributed by atoms with E-state index in [0.29, 0.717) is 0 Å². The first-order valence-corrected chi connectivity index (χ1v) is 7.36. The van der Waals surface area contributed by atoms with Gasteiger partial charge in [0.1, 0.15) is 30.5 Å². The lowest BCUT2D eigenvalue weighted by molar-refractivity contribution is -0.312. The molecule has 0 aromatic rings. The van der Waals surface area contributed by atoms with Gasteiger partial charge in [0, 0.05) is 13.3 Å². The molecule has 0 spiro atoms. The van der Waals surface area contributed by atoms with E-state index in [9.17, 15) is 30.3 Å². The first-order valence-electron chi connectivity index (χ1n) is 7.36. The van der Waals surface area contributed by atoms with Crippen LogP contribution in [0.15, 0.2) is 0 Å². The van der Waals surface area contributed by atoms with Crippen LogP contribution >= 0.6 is 0 Å². The van der Waals surface area contributed by atoms with Crippen molar-refractivity contribution in [1.29, 1.82) is 0 Å². The molecule has 0 aliphatic carbocycles. The van der Waals surface area contributed by atoms with E-state index < -0.39 is 61.7 Å². The monoisotopic (exact) mass is 337 g/mol. The van der Waals surface area contributed by atoms with Crippen LogP contribution in [0.1, 0.15) is 13.3 Å². The highest BCUT2D eigenvalue weighted by molar-refractivity contribution is 5.73. The molecule has 0 bridgehead atoms. The van der Waals surface area contributed by atoms with Gasteiger partial charge in [-0.25, -0.2) is 0 Å². The number of ether oxygens (including phenoxy) is 3. The highest BCUT2D eigenvalue weighted by atomic mass is 16.7. The van der Waals surface area contributed by atoms with Crippen LogP contribution in [0, 0.1) is 0 Å². The minimum absolute atomic E-state index is 0.0285. The molecule has 2 aliphatic rings. The van der Waals surface area contributed by atoms with Crippen molar-refractivity contribution in [3.63, 3.8) is 0 Å². The summed E-state index contributed by atoms with van der Waals surface area (Å²) in [6.45, 7) is 0.589. The van der Waals surface area contributed by atoms with Gasteiger partial charge >= 0.3 is 0 Å². The summed E-state index contributed by atoms with van der Waals surface area (Å²) in [6.07, 6.45) is -8.29. The molecule has 1 amide bonds. The molecule has 6 N–H and O–H groups in total. The van der Waals surface area contributed by atoms with Gasteiger partial charge in [-0.2, -0.15) is 0 Å². The zero-order valence-electron chi connectivity index (χ0n) is 12.6. The Hall–Kier alpha value is -0.850. The van der Waals surface area contributed by atoms with E-state index in [2.05, 4.69) is 5.32 Å². The van der Waals surface area contributed by atoms with E-state index in [-0.39, 0.29) is 13.0 Å². The third-order valence-corrected chi connectivity index (χ3v) is 3.81. The van der Waals surface area contributed by atoms with E-state index >= 15 is 0 Å². The summed E-state index contributed by atoms with van der Waals surface area (Å²) >= 11 is 0. The van der Waals surface area contributed by atoms with E-state index in [0.717, 1.165) is 0 Å². The van der Waals surface area contributed by atoms with Crippen molar-refractivity contribution in [3.8, 4) is 0 Å². The maximum atomic E-state index is 11.3. The quantitative estimate of drug-likeness (QED) is 0.305. The van der Waals surface area contributed by atoms with Gasteiger partial charge in [-0.05, 0) is 0 Å². The van der Waals surface area contributed by atoms with Crippen LogP contribution in [-0.2, 0) is 19.0 Å². The molecular formula is C13H23NO9. The number of nitrogens with one attached hydrogen (secondary N) is 1. The summed E-state index contributed by atoms with van der Waals surface area (Å²) < 4.78 is 15.7. The van der Waals surface area contributed by atoms with Crippen molar-refractivity contribution in [1.82, 2.24) is 5.32 Å². The predicted octanol–water partition coefficient (Wildman–Crippen LogP) is -3.59. The Bertz CT molecular complexity index is 409. The largest absolute Gasteiger partial charge is 0.394 e. The molecule has 2 fully saturated rings. The number of aliphatic hydroxyl groups excluding tert-OH is 5. The molecule has 2 heterocycles. The molecule has 10 heteroatoms. The van der Waals surface area contributed by atoms with Gasteiger partial charge in [0.2, 0.25) is 5.91 Å². The predicted molar refractivity (Wildman–Crippen MR) is 72.8 cm³/mol. The van der Waals surface area contributed by atoms with Crippen molar-refractivity contribution in [3.05, 3.63) is 0 Å². The molecule has 2 rings (SSSR count). The number of carbonyl (C=O) groups excluding carboxylic acids is 1. The maximum Gasteiger partial charge on any atom is 0.217 e. The van der Waals surface area contributed by atoms with E-state index in [1.54, 1.807) is 0 Å². The van der Waals surface area contributed by atoms with Crippen molar-refractivity contribution >= 4 is 5.91 Å². The van der Waals surface area contributed by atoms with Gasteiger partial charge in [0.05, 0.1) is 19.3 Å². The fourth-order valence-electron chi connectivity index (χ4n) is 2.69. The molecular weight excluding hydrogens is 314 g/mol. The zero-order chi connectivity index (χ0) is 17.1. The number of aliphatic hydroxyl groups is 5. The third kappa shape index (κ3) is 4.37. The number of rotatable bonds is 4. The number of hydrogen-bond donors (Lipinski definition) is 6. The van der Waals surface area contributed by atoms with Crippen molar-refractivity contribution in [2.24, 2.45) is 0 Å². The molecule has 0 aromatic carbocycles. The average Bonchev–Trinajstić information content (AvgIpc) is 2.48. The highest BCUT2D eigenvalue weighted by Crippen LogP contribution is 2.26. The van der Waals surface area contributed by atoms with Crippen molar-refractivity contribution in [2.75, 3.05) is 13.2 Å². The molecule has 10 nitrogen and oxygen atoms in total. The van der Waals surface area contributed by atoms with Gasteiger partial charge in [-0.15, -0.1) is 0 Å². The van der Waals surface area contributed by atoms with Crippen LogP contribution in [0.3, 0.4) is 0 Å². The zero-order valence-corrected chi connectivity index (χ0v) is 12.6. The third-order valence-electron chi connectivity index (χ3n) is 3.81. The van der Waals surface area contributed by atoms with Crippen molar-refractivity contribution < 1.29 is 44.5 Å². The Balaban J connectivity index is 2.12. The molecule has 8 unspecified atom stereocenters. The van der Waals surface area contributed by atoms with E-state index in [1.165, 1.54) is 6.92 Å². The molecule has 2 aliphatic heterocycles. The summed E-state index contributed by atoms with van der Waals surface area (Å²) in [6, 6.07) is -1.12. The maximum absolute atomic E-state index is 11.3. The minimum atomic E-state index is -1.52. The van der Waals surface area contributed by atoms with Crippen LogP contribution in [0.25, 0.3) is 0 Å². The van der Waals surface area contributed by atoms with Crippen LogP contribution in [-0.4, -0.2) is 93.8 Å². The second-order valence-corrected chi connectivity index (χ2v) is 5.72. The van der Waals surface area contributed by atoms with Gasteiger partial charge in [-0.3, -0.25) is 4.79 Å². The van der Waals surface area contributed by atoms with E-state index in [4.69, 9.17) is 14.2 Å². The first-order chi connectivity index (χ1) is 10.8. The average molecular weight is 337 g/mol. The molecule has 2 saturated heterocycles.